The number of hydrogen-bond acceptors (Lipinski definition) is 7. The highest BCUT2D eigenvalue weighted by atomic mass is 19.1. The Morgan fingerprint density at radius 1 is 1.12 bits per heavy atom. The molecular formula is C24H21F2N7O. The van der Waals surface area contributed by atoms with Gasteiger partial charge < -0.3 is 5.11 Å². The Morgan fingerprint density at radius 2 is 1.91 bits per heavy atom. The standard InChI is InChI=1S/C24H21F2N7O/c1-23(2)14-6-8-24(23,18-7-9-27-22(29-18)33-12-28-19(11-34)32-33)21-13(14)10-17(30-31-21)20-15(25)4-3-5-16(20)26/h3-5,7,9-10,12,14,34H,6,8,11H2,1-2H3/t14-,24+/m0/s1. The molecule has 3 aromatic heterocycles. The van der Waals surface area contributed by atoms with Gasteiger partial charge in [-0.25, -0.2) is 23.7 Å². The third-order valence-electron chi connectivity index (χ3n) is 7.57. The van der Waals surface area contributed by atoms with E-state index in [1.807, 2.05) is 6.07 Å². The average molecular weight is 461 g/mol. The Hall–Kier alpha value is -3.66. The summed E-state index contributed by atoms with van der Waals surface area (Å²) < 4.78 is 30.3. The lowest BCUT2D eigenvalue weighted by molar-refractivity contribution is 0.242. The first-order chi connectivity index (χ1) is 16.4. The van der Waals surface area contributed by atoms with E-state index in [4.69, 9.17) is 4.98 Å². The zero-order chi connectivity index (χ0) is 23.7. The van der Waals surface area contributed by atoms with Gasteiger partial charge in [-0.15, -0.1) is 10.2 Å². The minimum Gasteiger partial charge on any atom is -0.388 e. The van der Waals surface area contributed by atoms with Crippen LogP contribution in [-0.2, 0) is 12.0 Å². The van der Waals surface area contributed by atoms with Gasteiger partial charge in [-0.2, -0.15) is 9.78 Å². The van der Waals surface area contributed by atoms with E-state index >= 15 is 0 Å². The van der Waals surface area contributed by atoms with Crippen LogP contribution in [0.15, 0.2) is 42.9 Å². The fourth-order valence-corrected chi connectivity index (χ4v) is 5.92. The molecular weight excluding hydrogens is 440 g/mol. The molecule has 2 bridgehead atoms. The second-order valence-electron chi connectivity index (χ2n) is 9.35. The first kappa shape index (κ1) is 20.9. The highest BCUT2D eigenvalue weighted by Gasteiger charge is 2.65. The normalized spacial score (nSPS) is 22.2. The number of nitrogens with zero attached hydrogens (tertiary/aromatic N) is 7. The van der Waals surface area contributed by atoms with Crippen molar-refractivity contribution in [2.45, 2.75) is 44.6 Å². The molecule has 0 saturated heterocycles. The zero-order valence-electron chi connectivity index (χ0n) is 18.6. The number of halogens is 2. The van der Waals surface area contributed by atoms with E-state index in [1.54, 1.807) is 12.3 Å². The molecule has 2 aliphatic rings. The predicted molar refractivity (Wildman–Crippen MR) is 117 cm³/mol. The predicted octanol–water partition coefficient (Wildman–Crippen LogP) is 3.49. The van der Waals surface area contributed by atoms with Crippen molar-refractivity contribution in [2.24, 2.45) is 5.41 Å². The summed E-state index contributed by atoms with van der Waals surface area (Å²) in [6, 6.07) is 7.43. The van der Waals surface area contributed by atoms with Crippen molar-refractivity contribution in [2.75, 3.05) is 0 Å². The second kappa shape index (κ2) is 7.17. The van der Waals surface area contributed by atoms with Gasteiger partial charge in [-0.3, -0.25) is 0 Å². The summed E-state index contributed by atoms with van der Waals surface area (Å²) >= 11 is 0. The molecule has 1 saturated carbocycles. The summed E-state index contributed by atoms with van der Waals surface area (Å²) in [5, 5.41) is 22.3. The van der Waals surface area contributed by atoms with Crippen LogP contribution in [0, 0.1) is 17.0 Å². The zero-order valence-corrected chi connectivity index (χ0v) is 18.6. The van der Waals surface area contributed by atoms with Gasteiger partial charge in [0.2, 0.25) is 0 Å². The minimum atomic E-state index is -0.665. The topological polar surface area (TPSA) is 102 Å². The Bertz CT molecular complexity index is 1420. The van der Waals surface area contributed by atoms with Crippen LogP contribution in [0.2, 0.25) is 0 Å². The molecule has 1 N–H and O–H groups in total. The van der Waals surface area contributed by atoms with E-state index in [0.717, 1.165) is 29.8 Å². The van der Waals surface area contributed by atoms with Crippen molar-refractivity contribution in [3.05, 3.63) is 77.3 Å². The Kier molecular flexibility index (Phi) is 4.41. The molecule has 1 aromatic carbocycles. The van der Waals surface area contributed by atoms with Crippen molar-refractivity contribution in [1.82, 2.24) is 34.9 Å². The molecule has 8 nitrogen and oxygen atoms in total. The number of aromatic nitrogens is 7. The smallest absolute Gasteiger partial charge is 0.252 e. The maximum absolute atomic E-state index is 14.4. The van der Waals surface area contributed by atoms with Crippen LogP contribution in [-0.4, -0.2) is 40.0 Å². The largest absolute Gasteiger partial charge is 0.388 e. The van der Waals surface area contributed by atoms with Gasteiger partial charge in [0.05, 0.1) is 28.1 Å². The molecule has 4 aromatic rings. The van der Waals surface area contributed by atoms with Gasteiger partial charge in [-0.1, -0.05) is 19.9 Å². The second-order valence-corrected chi connectivity index (χ2v) is 9.35. The molecule has 0 aliphatic heterocycles. The molecule has 172 valence electrons. The van der Waals surface area contributed by atoms with E-state index in [-0.39, 0.29) is 35.0 Å². The molecule has 0 radical (unpaired) electrons. The van der Waals surface area contributed by atoms with E-state index in [0.29, 0.717) is 5.95 Å². The Balaban J connectivity index is 1.51. The first-order valence-corrected chi connectivity index (χ1v) is 11.0. The number of fused-ring (bicyclic) bond motifs is 5. The number of benzene rings is 1. The van der Waals surface area contributed by atoms with Crippen LogP contribution in [0.1, 0.15) is 55.4 Å². The van der Waals surface area contributed by atoms with Crippen molar-refractivity contribution < 1.29 is 13.9 Å². The lowest BCUT2D eigenvalue weighted by Crippen LogP contribution is -2.38. The molecule has 10 heteroatoms. The van der Waals surface area contributed by atoms with E-state index in [9.17, 15) is 13.9 Å². The van der Waals surface area contributed by atoms with E-state index in [2.05, 4.69) is 39.1 Å². The Morgan fingerprint density at radius 3 is 2.65 bits per heavy atom. The van der Waals surface area contributed by atoms with Gasteiger partial charge >= 0.3 is 0 Å². The number of aliphatic hydroxyl groups excluding tert-OH is 1. The van der Waals surface area contributed by atoms with E-state index < -0.39 is 17.0 Å². The highest BCUT2D eigenvalue weighted by molar-refractivity contribution is 5.64. The molecule has 0 unspecified atom stereocenters. The van der Waals surface area contributed by atoms with Crippen molar-refractivity contribution in [3.8, 4) is 17.2 Å². The molecule has 0 amide bonds. The molecule has 0 spiro atoms. The fraction of sp³-hybridized carbons (Fsp3) is 0.333. The maximum atomic E-state index is 14.4. The molecule has 2 aliphatic carbocycles. The lowest BCUT2D eigenvalue weighted by atomic mass is 9.66. The van der Waals surface area contributed by atoms with E-state index in [1.165, 1.54) is 29.2 Å². The summed E-state index contributed by atoms with van der Waals surface area (Å²) in [6.07, 6.45) is 4.84. The van der Waals surface area contributed by atoms with Crippen LogP contribution in [0.4, 0.5) is 8.78 Å². The van der Waals surface area contributed by atoms with Gasteiger partial charge in [0.25, 0.3) is 5.95 Å². The van der Waals surface area contributed by atoms with Crippen LogP contribution in [0.25, 0.3) is 17.2 Å². The van der Waals surface area contributed by atoms with Crippen LogP contribution < -0.4 is 0 Å². The van der Waals surface area contributed by atoms with Crippen LogP contribution in [0.3, 0.4) is 0 Å². The van der Waals surface area contributed by atoms with Crippen LogP contribution in [0.5, 0.6) is 0 Å². The van der Waals surface area contributed by atoms with Gasteiger partial charge in [-0.05, 0) is 54.0 Å². The molecule has 2 atom stereocenters. The third kappa shape index (κ3) is 2.65. The summed E-state index contributed by atoms with van der Waals surface area (Å²) in [5.74, 6) is -0.579. The summed E-state index contributed by atoms with van der Waals surface area (Å²) in [5.41, 5.74) is 1.74. The minimum absolute atomic E-state index is 0.136. The first-order valence-electron chi connectivity index (χ1n) is 11.0. The quantitative estimate of drug-likeness (QED) is 0.496. The molecule has 1 fully saturated rings. The van der Waals surface area contributed by atoms with Gasteiger partial charge in [0, 0.05) is 6.20 Å². The molecule has 6 rings (SSSR count). The monoisotopic (exact) mass is 461 g/mol. The molecule has 34 heavy (non-hydrogen) atoms. The van der Waals surface area contributed by atoms with Gasteiger partial charge in [0.1, 0.15) is 24.6 Å². The number of rotatable bonds is 4. The Labute approximate surface area is 193 Å². The van der Waals surface area contributed by atoms with Crippen LogP contribution >= 0.6 is 0 Å². The van der Waals surface area contributed by atoms with Crippen molar-refractivity contribution in [1.29, 1.82) is 0 Å². The summed E-state index contributed by atoms with van der Waals surface area (Å²) in [7, 11) is 0. The van der Waals surface area contributed by atoms with Crippen molar-refractivity contribution in [3.63, 3.8) is 0 Å². The number of hydrogen-bond donors (Lipinski definition) is 1. The van der Waals surface area contributed by atoms with Crippen molar-refractivity contribution >= 4 is 0 Å². The lowest BCUT2D eigenvalue weighted by Gasteiger charge is -2.37. The van der Waals surface area contributed by atoms with Gasteiger partial charge in [0.15, 0.2) is 5.82 Å². The fourth-order valence-electron chi connectivity index (χ4n) is 5.92. The maximum Gasteiger partial charge on any atom is 0.252 e. The number of aliphatic hydroxyl groups is 1. The average Bonchev–Trinajstić information content (AvgIpc) is 3.47. The third-order valence-corrected chi connectivity index (χ3v) is 7.57. The SMILES string of the molecule is CC1(C)[C@H]2CC[C@@]1(c1ccnc(-n3cnc(CO)n3)n1)c1nnc(-c3c(F)cccc3F)cc12. The molecule has 3 heterocycles. The highest BCUT2D eigenvalue weighted by Crippen LogP contribution is 2.69. The summed E-state index contributed by atoms with van der Waals surface area (Å²) in [4.78, 5) is 13.2. The summed E-state index contributed by atoms with van der Waals surface area (Å²) in [6.45, 7) is 4.08.